The molecule has 3 rings (SSSR count). The molecule has 0 bridgehead atoms. The van der Waals surface area contributed by atoms with Crippen molar-refractivity contribution >= 4 is 39.3 Å². The molecule has 116 valence electrons. The van der Waals surface area contributed by atoms with Gasteiger partial charge in [-0.25, -0.2) is 0 Å². The topological polar surface area (TPSA) is 39.1 Å². The summed E-state index contributed by atoms with van der Waals surface area (Å²) in [5.41, 5.74) is 1.84. The minimum Gasteiger partial charge on any atom is -0.411 e. The van der Waals surface area contributed by atoms with E-state index in [9.17, 15) is 0 Å². The average molecular weight is 336 g/mol. The van der Waals surface area contributed by atoms with Crippen molar-refractivity contribution < 1.29 is 5.21 Å². The first-order chi connectivity index (χ1) is 10.7. The van der Waals surface area contributed by atoms with Crippen molar-refractivity contribution in [2.24, 2.45) is 5.16 Å². The molecule has 0 radical (unpaired) electrons. The highest BCUT2D eigenvalue weighted by molar-refractivity contribution is 7.18. The predicted octanol–water partition coefficient (Wildman–Crippen LogP) is 3.93. The maximum atomic E-state index is 8.85. The van der Waals surface area contributed by atoms with Crippen molar-refractivity contribution in [2.45, 2.75) is 6.92 Å². The first-order valence-electron chi connectivity index (χ1n) is 7.22. The van der Waals surface area contributed by atoms with Crippen LogP contribution in [0.15, 0.2) is 41.6 Å². The van der Waals surface area contributed by atoms with E-state index in [4.69, 9.17) is 16.8 Å². The Morgan fingerprint density at radius 1 is 1.14 bits per heavy atom. The van der Waals surface area contributed by atoms with Crippen molar-refractivity contribution in [3.63, 3.8) is 0 Å². The Morgan fingerprint density at radius 3 is 2.55 bits per heavy atom. The molecule has 2 heterocycles. The van der Waals surface area contributed by atoms with E-state index in [2.05, 4.69) is 27.1 Å². The molecule has 2 aromatic rings. The molecular weight excluding hydrogens is 318 g/mol. The summed E-state index contributed by atoms with van der Waals surface area (Å²) in [5, 5.41) is 14.1. The van der Waals surface area contributed by atoms with E-state index in [1.165, 1.54) is 10.7 Å². The number of nitrogens with zero attached hydrogens (tertiary/aromatic N) is 3. The van der Waals surface area contributed by atoms with Crippen LogP contribution in [0, 0.1) is 0 Å². The molecule has 0 unspecified atom stereocenters. The SMILES string of the molecule is C/C(=N\O)c1ccc(N2CCN(c3cccc(Cl)c3)CC2)s1. The van der Waals surface area contributed by atoms with Crippen LogP contribution in [0.1, 0.15) is 11.8 Å². The number of hydrogen-bond acceptors (Lipinski definition) is 5. The maximum Gasteiger partial charge on any atom is 0.0937 e. The highest BCUT2D eigenvalue weighted by atomic mass is 35.5. The van der Waals surface area contributed by atoms with Gasteiger partial charge < -0.3 is 15.0 Å². The number of rotatable bonds is 3. The van der Waals surface area contributed by atoms with Crippen LogP contribution in [-0.2, 0) is 0 Å². The normalized spacial score (nSPS) is 16.2. The van der Waals surface area contributed by atoms with Crippen LogP contribution in [0.25, 0.3) is 0 Å². The second-order valence-corrected chi connectivity index (χ2v) is 6.78. The zero-order chi connectivity index (χ0) is 15.5. The van der Waals surface area contributed by atoms with Gasteiger partial charge in [-0.1, -0.05) is 22.8 Å². The van der Waals surface area contributed by atoms with Gasteiger partial charge in [-0.15, -0.1) is 11.3 Å². The van der Waals surface area contributed by atoms with Crippen molar-refractivity contribution in [3.8, 4) is 0 Å². The van der Waals surface area contributed by atoms with Crippen LogP contribution in [0.2, 0.25) is 5.02 Å². The Balaban J connectivity index is 1.65. The fourth-order valence-corrected chi connectivity index (χ4v) is 3.78. The summed E-state index contributed by atoms with van der Waals surface area (Å²) in [6.07, 6.45) is 0. The lowest BCUT2D eigenvalue weighted by Crippen LogP contribution is -2.46. The second kappa shape index (κ2) is 6.58. The largest absolute Gasteiger partial charge is 0.411 e. The van der Waals surface area contributed by atoms with Crippen molar-refractivity contribution in [3.05, 3.63) is 46.3 Å². The number of piperazine rings is 1. The first-order valence-corrected chi connectivity index (χ1v) is 8.41. The first kappa shape index (κ1) is 15.2. The van der Waals surface area contributed by atoms with Gasteiger partial charge in [0.1, 0.15) is 0 Å². The molecule has 1 N–H and O–H groups in total. The molecule has 0 spiro atoms. The lowest BCUT2D eigenvalue weighted by molar-refractivity contribution is 0.319. The minimum atomic E-state index is 0.661. The summed E-state index contributed by atoms with van der Waals surface area (Å²) in [6.45, 7) is 5.71. The number of anilines is 2. The van der Waals surface area contributed by atoms with Gasteiger partial charge in [0, 0.05) is 36.9 Å². The summed E-state index contributed by atoms with van der Waals surface area (Å²) in [6, 6.07) is 12.1. The zero-order valence-corrected chi connectivity index (χ0v) is 13.9. The average Bonchev–Trinajstić information content (AvgIpc) is 3.04. The Hall–Kier alpha value is -1.72. The van der Waals surface area contributed by atoms with Crippen LogP contribution >= 0.6 is 22.9 Å². The fraction of sp³-hybridized carbons (Fsp3) is 0.312. The van der Waals surface area contributed by atoms with Gasteiger partial charge in [-0.2, -0.15) is 0 Å². The molecule has 4 nitrogen and oxygen atoms in total. The van der Waals surface area contributed by atoms with E-state index in [1.807, 2.05) is 31.2 Å². The molecule has 22 heavy (non-hydrogen) atoms. The van der Waals surface area contributed by atoms with Crippen molar-refractivity contribution in [1.82, 2.24) is 0 Å². The second-order valence-electron chi connectivity index (χ2n) is 5.28. The van der Waals surface area contributed by atoms with Crippen LogP contribution in [0.5, 0.6) is 0 Å². The Kier molecular flexibility index (Phi) is 4.55. The monoisotopic (exact) mass is 335 g/mol. The Bertz CT molecular complexity index is 678. The number of halogens is 1. The van der Waals surface area contributed by atoms with E-state index in [1.54, 1.807) is 11.3 Å². The van der Waals surface area contributed by atoms with E-state index in [0.717, 1.165) is 36.1 Å². The van der Waals surface area contributed by atoms with Gasteiger partial charge in [-0.3, -0.25) is 0 Å². The molecule has 0 amide bonds. The highest BCUT2D eigenvalue weighted by Crippen LogP contribution is 2.28. The van der Waals surface area contributed by atoms with Gasteiger partial charge >= 0.3 is 0 Å². The predicted molar refractivity (Wildman–Crippen MR) is 94.2 cm³/mol. The quantitative estimate of drug-likeness (QED) is 0.525. The molecular formula is C16H18ClN3OS. The van der Waals surface area contributed by atoms with Gasteiger partial charge in [0.15, 0.2) is 0 Å². The fourth-order valence-electron chi connectivity index (χ4n) is 2.60. The summed E-state index contributed by atoms with van der Waals surface area (Å²) < 4.78 is 0. The summed E-state index contributed by atoms with van der Waals surface area (Å²) >= 11 is 7.73. The van der Waals surface area contributed by atoms with Gasteiger partial charge in [0.05, 0.1) is 15.6 Å². The van der Waals surface area contributed by atoms with Crippen molar-refractivity contribution in [1.29, 1.82) is 0 Å². The van der Waals surface area contributed by atoms with Crippen LogP contribution in [-0.4, -0.2) is 37.1 Å². The van der Waals surface area contributed by atoms with Gasteiger partial charge in [-0.05, 0) is 37.3 Å². The molecule has 1 aromatic carbocycles. The summed E-state index contributed by atoms with van der Waals surface area (Å²) in [5.74, 6) is 0. The van der Waals surface area contributed by atoms with Crippen LogP contribution in [0.3, 0.4) is 0 Å². The van der Waals surface area contributed by atoms with Crippen LogP contribution < -0.4 is 9.80 Å². The summed E-state index contributed by atoms with van der Waals surface area (Å²) in [4.78, 5) is 5.74. The van der Waals surface area contributed by atoms with Crippen LogP contribution in [0.4, 0.5) is 10.7 Å². The van der Waals surface area contributed by atoms with E-state index >= 15 is 0 Å². The van der Waals surface area contributed by atoms with Gasteiger partial charge in [0.25, 0.3) is 0 Å². The van der Waals surface area contributed by atoms with Crippen molar-refractivity contribution in [2.75, 3.05) is 36.0 Å². The minimum absolute atomic E-state index is 0.661. The third kappa shape index (κ3) is 3.20. The highest BCUT2D eigenvalue weighted by Gasteiger charge is 2.19. The summed E-state index contributed by atoms with van der Waals surface area (Å²) in [7, 11) is 0. The third-order valence-corrected chi connectivity index (χ3v) is 5.35. The molecule has 1 saturated heterocycles. The molecule has 6 heteroatoms. The Morgan fingerprint density at radius 2 is 1.86 bits per heavy atom. The third-order valence-electron chi connectivity index (χ3n) is 3.86. The molecule has 0 atom stereocenters. The lowest BCUT2D eigenvalue weighted by Gasteiger charge is -2.36. The number of benzene rings is 1. The molecule has 1 aliphatic rings. The van der Waals surface area contributed by atoms with E-state index in [-0.39, 0.29) is 0 Å². The molecule has 0 aliphatic carbocycles. The number of oxime groups is 1. The lowest BCUT2D eigenvalue weighted by atomic mass is 10.2. The Labute approximate surface area is 139 Å². The number of thiophene rings is 1. The van der Waals surface area contributed by atoms with E-state index < -0.39 is 0 Å². The smallest absolute Gasteiger partial charge is 0.0937 e. The zero-order valence-electron chi connectivity index (χ0n) is 12.4. The molecule has 1 aromatic heterocycles. The maximum absolute atomic E-state index is 8.85. The molecule has 0 saturated carbocycles. The van der Waals surface area contributed by atoms with E-state index in [0.29, 0.717) is 5.71 Å². The standard InChI is InChI=1S/C16H18ClN3OS/c1-12(18-21)15-5-6-16(22-15)20-9-7-19(8-10-20)14-4-2-3-13(17)11-14/h2-6,11,21H,7-10H2,1H3/b18-12+. The number of hydrogen-bond donors (Lipinski definition) is 1. The van der Waals surface area contributed by atoms with Gasteiger partial charge in [0.2, 0.25) is 0 Å². The molecule has 1 fully saturated rings. The molecule has 1 aliphatic heterocycles.